The third kappa shape index (κ3) is 3.31. The van der Waals surface area contributed by atoms with E-state index in [-0.39, 0.29) is 23.4 Å². The molecule has 1 N–H and O–H groups in total. The predicted octanol–water partition coefficient (Wildman–Crippen LogP) is 2.21. The Morgan fingerprint density at radius 1 is 1.24 bits per heavy atom. The van der Waals surface area contributed by atoms with Crippen molar-refractivity contribution in [2.75, 3.05) is 13.1 Å². The van der Waals surface area contributed by atoms with Gasteiger partial charge in [-0.05, 0) is 39.7 Å². The van der Waals surface area contributed by atoms with Crippen LogP contribution < -0.4 is 5.56 Å². The molecule has 2 atom stereocenters. The van der Waals surface area contributed by atoms with E-state index in [1.54, 1.807) is 30.0 Å². The average Bonchev–Trinajstić information content (AvgIpc) is 2.61. The van der Waals surface area contributed by atoms with Gasteiger partial charge >= 0.3 is 0 Å². The van der Waals surface area contributed by atoms with Crippen molar-refractivity contribution in [3.05, 3.63) is 40.3 Å². The van der Waals surface area contributed by atoms with Gasteiger partial charge in [0.2, 0.25) is 0 Å². The Bertz CT molecular complexity index is 841. The number of hydrogen-bond donors (Lipinski definition) is 1. The minimum atomic E-state index is -0.440. The summed E-state index contributed by atoms with van der Waals surface area (Å²) in [6.07, 6.45) is 1.34. The zero-order chi connectivity index (χ0) is 18.1. The van der Waals surface area contributed by atoms with Gasteiger partial charge in [0.25, 0.3) is 11.5 Å². The number of benzene rings is 1. The lowest BCUT2D eigenvalue weighted by atomic mass is 9.93. The molecule has 1 amide bonds. The molecule has 1 aliphatic rings. The van der Waals surface area contributed by atoms with Crippen molar-refractivity contribution in [1.82, 2.24) is 14.7 Å². The molecule has 6 nitrogen and oxygen atoms in total. The van der Waals surface area contributed by atoms with Crippen LogP contribution in [0.25, 0.3) is 10.8 Å². The van der Waals surface area contributed by atoms with Gasteiger partial charge in [0.05, 0.1) is 17.5 Å². The highest BCUT2D eigenvalue weighted by Gasteiger charge is 2.29. The molecule has 0 bridgehead atoms. The van der Waals surface area contributed by atoms with Crippen LogP contribution in [0.4, 0.5) is 0 Å². The second-order valence-electron chi connectivity index (χ2n) is 7.13. The molecule has 3 rings (SSSR count). The van der Waals surface area contributed by atoms with E-state index in [2.05, 4.69) is 5.10 Å². The molecule has 0 radical (unpaired) electrons. The van der Waals surface area contributed by atoms with Crippen LogP contribution in [0.3, 0.4) is 0 Å². The Labute approximate surface area is 147 Å². The van der Waals surface area contributed by atoms with Crippen LogP contribution in [-0.4, -0.2) is 44.9 Å². The molecule has 2 heterocycles. The largest absolute Gasteiger partial charge is 0.393 e. The van der Waals surface area contributed by atoms with E-state index in [9.17, 15) is 14.7 Å². The third-order valence-corrected chi connectivity index (χ3v) is 4.95. The number of rotatable bonds is 3. The maximum Gasteiger partial charge on any atom is 0.274 e. The Morgan fingerprint density at radius 2 is 1.92 bits per heavy atom. The van der Waals surface area contributed by atoms with Gasteiger partial charge in [0, 0.05) is 24.4 Å². The quantitative estimate of drug-likeness (QED) is 0.927. The molecule has 1 fully saturated rings. The summed E-state index contributed by atoms with van der Waals surface area (Å²) in [4.78, 5) is 27.5. The molecule has 1 aliphatic heterocycles. The first-order valence-corrected chi connectivity index (χ1v) is 8.89. The normalized spacial score (nSPS) is 19.4. The van der Waals surface area contributed by atoms with Gasteiger partial charge in [0.1, 0.15) is 0 Å². The van der Waals surface area contributed by atoms with E-state index in [1.165, 1.54) is 4.68 Å². The van der Waals surface area contributed by atoms with Gasteiger partial charge in [-0.25, -0.2) is 4.68 Å². The standard InChI is InChI=1S/C19H25N3O3/c1-12(2)22-18(24)16-9-5-4-8-15(16)17(20-22)19(25)21-10-6-7-14(11-21)13(3)23/h4-5,8-9,12-14,23H,6-7,10-11H2,1-3H3. The van der Waals surface area contributed by atoms with Crippen LogP contribution in [0.15, 0.2) is 29.1 Å². The fourth-order valence-electron chi connectivity index (χ4n) is 3.45. The molecule has 2 aromatic rings. The lowest BCUT2D eigenvalue weighted by molar-refractivity contribution is 0.0461. The molecule has 0 aliphatic carbocycles. The van der Waals surface area contributed by atoms with Crippen molar-refractivity contribution in [3.8, 4) is 0 Å². The average molecular weight is 343 g/mol. The summed E-state index contributed by atoms with van der Waals surface area (Å²) < 4.78 is 1.38. The molecular formula is C19H25N3O3. The summed E-state index contributed by atoms with van der Waals surface area (Å²) in [7, 11) is 0. The number of aliphatic hydroxyl groups excluding tert-OH is 1. The molecule has 2 unspecified atom stereocenters. The van der Waals surface area contributed by atoms with Crippen molar-refractivity contribution in [3.63, 3.8) is 0 Å². The highest BCUT2D eigenvalue weighted by atomic mass is 16.3. The van der Waals surface area contributed by atoms with Gasteiger partial charge < -0.3 is 10.0 Å². The first kappa shape index (κ1) is 17.6. The van der Waals surface area contributed by atoms with E-state index >= 15 is 0 Å². The van der Waals surface area contributed by atoms with Gasteiger partial charge in [-0.3, -0.25) is 9.59 Å². The predicted molar refractivity (Wildman–Crippen MR) is 96.7 cm³/mol. The highest BCUT2D eigenvalue weighted by molar-refractivity contribution is 6.04. The first-order valence-electron chi connectivity index (χ1n) is 8.89. The SMILES string of the molecule is CC(O)C1CCCN(C(=O)c2nn(C(C)C)c(=O)c3ccccc23)C1. The van der Waals surface area contributed by atoms with Crippen LogP contribution in [0.1, 0.15) is 50.1 Å². The topological polar surface area (TPSA) is 75.4 Å². The Morgan fingerprint density at radius 3 is 2.56 bits per heavy atom. The molecular weight excluding hydrogens is 318 g/mol. The number of amides is 1. The van der Waals surface area contributed by atoms with Crippen LogP contribution in [-0.2, 0) is 0 Å². The fourth-order valence-corrected chi connectivity index (χ4v) is 3.45. The summed E-state index contributed by atoms with van der Waals surface area (Å²) in [6, 6.07) is 7.00. The Hall–Kier alpha value is -2.21. The number of aromatic nitrogens is 2. The van der Waals surface area contributed by atoms with E-state index < -0.39 is 6.10 Å². The van der Waals surface area contributed by atoms with Crippen molar-refractivity contribution in [2.45, 2.75) is 45.8 Å². The lowest BCUT2D eigenvalue weighted by Gasteiger charge is -2.34. The van der Waals surface area contributed by atoms with Crippen LogP contribution in [0.5, 0.6) is 0 Å². The number of carbonyl (C=O) groups excluding carboxylic acids is 1. The number of carbonyl (C=O) groups is 1. The van der Waals surface area contributed by atoms with Crippen LogP contribution in [0.2, 0.25) is 0 Å². The molecule has 134 valence electrons. The number of aliphatic hydroxyl groups is 1. The monoisotopic (exact) mass is 343 g/mol. The van der Waals surface area contributed by atoms with Crippen molar-refractivity contribution >= 4 is 16.7 Å². The minimum Gasteiger partial charge on any atom is -0.393 e. The maximum absolute atomic E-state index is 13.1. The zero-order valence-corrected chi connectivity index (χ0v) is 15.0. The summed E-state index contributed by atoms with van der Waals surface area (Å²) in [5.74, 6) is -0.0871. The Kier molecular flexibility index (Phi) is 4.90. The van der Waals surface area contributed by atoms with Crippen molar-refractivity contribution in [1.29, 1.82) is 0 Å². The number of piperidine rings is 1. The first-order chi connectivity index (χ1) is 11.9. The van der Waals surface area contributed by atoms with E-state index in [0.717, 1.165) is 12.8 Å². The molecule has 25 heavy (non-hydrogen) atoms. The number of fused-ring (bicyclic) bond motifs is 1. The molecule has 1 saturated heterocycles. The van der Waals surface area contributed by atoms with Crippen LogP contribution >= 0.6 is 0 Å². The van der Waals surface area contributed by atoms with E-state index in [0.29, 0.717) is 29.6 Å². The Balaban J connectivity index is 2.07. The maximum atomic E-state index is 13.1. The fraction of sp³-hybridized carbons (Fsp3) is 0.526. The molecule has 6 heteroatoms. The molecule has 0 spiro atoms. The van der Waals surface area contributed by atoms with Crippen LogP contribution in [0, 0.1) is 5.92 Å². The van der Waals surface area contributed by atoms with Crippen molar-refractivity contribution < 1.29 is 9.90 Å². The second-order valence-corrected chi connectivity index (χ2v) is 7.13. The number of likely N-dealkylation sites (tertiary alicyclic amines) is 1. The molecule has 1 aromatic carbocycles. The molecule has 1 aromatic heterocycles. The summed E-state index contributed by atoms with van der Waals surface area (Å²) in [5, 5.41) is 15.4. The van der Waals surface area contributed by atoms with Gasteiger partial charge in [-0.2, -0.15) is 5.10 Å². The van der Waals surface area contributed by atoms with Gasteiger partial charge in [-0.15, -0.1) is 0 Å². The number of hydrogen-bond acceptors (Lipinski definition) is 4. The van der Waals surface area contributed by atoms with E-state index in [4.69, 9.17) is 0 Å². The van der Waals surface area contributed by atoms with Gasteiger partial charge in [-0.1, -0.05) is 18.2 Å². The minimum absolute atomic E-state index is 0.0833. The van der Waals surface area contributed by atoms with Crippen molar-refractivity contribution in [2.24, 2.45) is 5.92 Å². The zero-order valence-electron chi connectivity index (χ0n) is 15.0. The summed E-state index contributed by atoms with van der Waals surface area (Å²) >= 11 is 0. The summed E-state index contributed by atoms with van der Waals surface area (Å²) in [5.41, 5.74) is 0.137. The smallest absolute Gasteiger partial charge is 0.274 e. The highest BCUT2D eigenvalue weighted by Crippen LogP contribution is 2.23. The van der Waals surface area contributed by atoms with Gasteiger partial charge in [0.15, 0.2) is 5.69 Å². The lowest BCUT2D eigenvalue weighted by Crippen LogP contribution is -2.44. The number of nitrogens with zero attached hydrogens (tertiary/aromatic N) is 3. The third-order valence-electron chi connectivity index (χ3n) is 4.95. The van der Waals surface area contributed by atoms with E-state index in [1.807, 2.05) is 19.9 Å². The molecule has 0 saturated carbocycles. The summed E-state index contributed by atoms with van der Waals surface area (Å²) in [6.45, 7) is 6.70. The second kappa shape index (κ2) is 6.96.